The van der Waals surface area contributed by atoms with Gasteiger partial charge >= 0.3 is 12.1 Å². The first-order valence-electron chi connectivity index (χ1n) is 11.5. The van der Waals surface area contributed by atoms with E-state index in [1.165, 1.54) is 0 Å². The van der Waals surface area contributed by atoms with E-state index in [9.17, 15) is 14.4 Å². The van der Waals surface area contributed by atoms with E-state index in [1.807, 2.05) is 91.0 Å². The second-order valence-corrected chi connectivity index (χ2v) is 11.0. The van der Waals surface area contributed by atoms with Crippen LogP contribution in [0.25, 0.3) is 0 Å². The first-order valence-corrected chi connectivity index (χ1v) is 13.3. The molecule has 0 radical (unpaired) electrons. The Bertz CT molecular complexity index is 1110. The Kier molecular flexibility index (Phi) is 9.04. The molecule has 3 rings (SSSR count). The van der Waals surface area contributed by atoms with Gasteiger partial charge in [-0.1, -0.05) is 91.0 Å². The molecule has 182 valence electrons. The van der Waals surface area contributed by atoms with Gasteiger partial charge in [-0.15, -0.1) is 0 Å². The molecule has 0 fully saturated rings. The van der Waals surface area contributed by atoms with Crippen LogP contribution in [0.2, 0.25) is 0 Å². The van der Waals surface area contributed by atoms with E-state index < -0.39 is 30.8 Å². The standard InChI is InChI=1S/C28H30NO5P/c1-4-33-27(31)26(25(30)21(3)29-28(32)34-5-2)35(22-15-9-6-10-16-22,23-17-11-7-12-18-23)24-19-13-8-14-20-24/h6-21H,4-5H2,1-3H3,(H,29,32)/t21-/m0/s1. The number of nitrogens with one attached hydrogen (secondary N) is 1. The predicted molar refractivity (Wildman–Crippen MR) is 141 cm³/mol. The topological polar surface area (TPSA) is 81.7 Å². The van der Waals surface area contributed by atoms with Gasteiger partial charge in [0.25, 0.3) is 0 Å². The van der Waals surface area contributed by atoms with Crippen molar-refractivity contribution in [2.45, 2.75) is 26.8 Å². The van der Waals surface area contributed by atoms with Gasteiger partial charge in [-0.25, -0.2) is 9.59 Å². The van der Waals surface area contributed by atoms with E-state index in [-0.39, 0.29) is 18.5 Å². The van der Waals surface area contributed by atoms with Gasteiger partial charge in [-0.3, -0.25) is 4.79 Å². The smallest absolute Gasteiger partial charge is 0.407 e. The second-order valence-electron chi connectivity index (χ2n) is 7.70. The van der Waals surface area contributed by atoms with Crippen LogP contribution in [0.4, 0.5) is 4.79 Å². The van der Waals surface area contributed by atoms with Crippen LogP contribution in [-0.4, -0.2) is 42.4 Å². The lowest BCUT2D eigenvalue weighted by molar-refractivity contribution is -0.135. The number of rotatable bonds is 9. The summed E-state index contributed by atoms with van der Waals surface area (Å²) in [4.78, 5) is 39.9. The Balaban J connectivity index is 2.49. The van der Waals surface area contributed by atoms with Crippen LogP contribution >= 0.6 is 6.89 Å². The lowest BCUT2D eigenvalue weighted by Gasteiger charge is -2.32. The third-order valence-corrected chi connectivity index (χ3v) is 9.76. The highest BCUT2D eigenvalue weighted by Gasteiger charge is 2.39. The minimum Gasteiger partial charge on any atom is -0.462 e. The fourth-order valence-electron chi connectivity index (χ4n) is 4.01. The number of benzene rings is 3. The van der Waals surface area contributed by atoms with E-state index in [0.29, 0.717) is 0 Å². The Labute approximate surface area is 206 Å². The maximum Gasteiger partial charge on any atom is 0.407 e. The van der Waals surface area contributed by atoms with Gasteiger partial charge in [-0.05, 0) is 43.6 Å². The normalized spacial score (nSPS) is 11.7. The maximum absolute atomic E-state index is 14.1. The average molecular weight is 492 g/mol. The molecular weight excluding hydrogens is 461 g/mol. The maximum atomic E-state index is 14.1. The van der Waals surface area contributed by atoms with E-state index in [4.69, 9.17) is 9.47 Å². The van der Waals surface area contributed by atoms with Crippen molar-refractivity contribution in [3.63, 3.8) is 0 Å². The molecule has 1 amide bonds. The molecular formula is C28H30NO5P. The third kappa shape index (κ3) is 5.55. The molecule has 0 spiro atoms. The Morgan fingerprint density at radius 3 is 1.49 bits per heavy atom. The van der Waals surface area contributed by atoms with Crippen molar-refractivity contribution in [2.24, 2.45) is 0 Å². The van der Waals surface area contributed by atoms with E-state index in [1.54, 1.807) is 20.8 Å². The number of alkyl carbamates (subject to hydrolysis) is 1. The highest BCUT2D eigenvalue weighted by molar-refractivity contribution is 7.97. The quantitative estimate of drug-likeness (QED) is 0.282. The molecule has 3 aromatic rings. The molecule has 6 nitrogen and oxygen atoms in total. The molecule has 7 heteroatoms. The molecule has 0 saturated carbocycles. The van der Waals surface area contributed by atoms with Crippen LogP contribution < -0.4 is 21.2 Å². The Hall–Kier alpha value is -3.63. The van der Waals surface area contributed by atoms with Crippen LogP contribution in [0.1, 0.15) is 20.8 Å². The summed E-state index contributed by atoms with van der Waals surface area (Å²) in [6.07, 6.45) is -0.723. The summed E-state index contributed by atoms with van der Waals surface area (Å²) in [5.74, 6) is -1.21. The molecule has 35 heavy (non-hydrogen) atoms. The number of Topliss-reactive ketones (excluding diaryl/α,β-unsaturated/α-hetero) is 1. The third-order valence-electron chi connectivity index (χ3n) is 5.47. The van der Waals surface area contributed by atoms with Gasteiger partial charge in [0.05, 0.1) is 19.3 Å². The van der Waals surface area contributed by atoms with Crippen LogP contribution in [0.15, 0.2) is 91.0 Å². The van der Waals surface area contributed by atoms with E-state index in [0.717, 1.165) is 15.9 Å². The first-order chi connectivity index (χ1) is 17.0. The molecule has 1 N–H and O–H groups in total. The van der Waals surface area contributed by atoms with Crippen molar-refractivity contribution >= 4 is 45.9 Å². The molecule has 0 aromatic heterocycles. The van der Waals surface area contributed by atoms with Crippen molar-refractivity contribution in [3.05, 3.63) is 91.0 Å². The monoisotopic (exact) mass is 491 g/mol. The van der Waals surface area contributed by atoms with Crippen molar-refractivity contribution in [3.8, 4) is 0 Å². The SMILES string of the molecule is CCOC(=O)N[C@@H](C)C(=O)C(C(=O)OCC)=P(c1ccccc1)(c1ccccc1)c1ccccc1. The summed E-state index contributed by atoms with van der Waals surface area (Å²) in [7, 11) is 0. The summed E-state index contributed by atoms with van der Waals surface area (Å²) in [5.41, 5.74) is 0. The van der Waals surface area contributed by atoms with Crippen LogP contribution in [-0.2, 0) is 19.1 Å². The zero-order chi connectivity index (χ0) is 25.3. The zero-order valence-corrected chi connectivity index (χ0v) is 21.0. The number of ketones is 1. The predicted octanol–water partition coefficient (Wildman–Crippen LogP) is 3.42. The molecule has 0 aliphatic carbocycles. The van der Waals surface area contributed by atoms with Gasteiger partial charge < -0.3 is 14.8 Å². The fraction of sp³-hybridized carbons (Fsp3) is 0.214. The first kappa shape index (κ1) is 26.0. The lowest BCUT2D eigenvalue weighted by Crippen LogP contribution is -2.47. The van der Waals surface area contributed by atoms with Crippen molar-refractivity contribution in [1.29, 1.82) is 0 Å². The number of amides is 1. The summed E-state index contributed by atoms with van der Waals surface area (Å²) in [6.45, 7) is 2.18. The molecule has 0 heterocycles. The van der Waals surface area contributed by atoms with Gasteiger partial charge in [0.2, 0.25) is 0 Å². The summed E-state index contributed by atoms with van der Waals surface area (Å²) in [5, 5.41) is 5.08. The molecule has 0 unspecified atom stereocenters. The minimum absolute atomic E-state index is 0.0206. The summed E-state index contributed by atoms with van der Waals surface area (Å²) in [6, 6.07) is 27.6. The highest BCUT2D eigenvalue weighted by atomic mass is 31.2. The number of hydrogen-bond acceptors (Lipinski definition) is 5. The molecule has 0 aliphatic heterocycles. The van der Waals surface area contributed by atoms with E-state index in [2.05, 4.69) is 5.32 Å². The van der Waals surface area contributed by atoms with Gasteiger partial charge in [-0.2, -0.15) is 0 Å². The van der Waals surface area contributed by atoms with Crippen molar-refractivity contribution in [2.75, 3.05) is 13.2 Å². The van der Waals surface area contributed by atoms with Crippen molar-refractivity contribution < 1.29 is 23.9 Å². The molecule has 0 aliphatic rings. The molecule has 0 bridgehead atoms. The fourth-order valence-corrected chi connectivity index (χ4v) is 8.40. The average Bonchev–Trinajstić information content (AvgIpc) is 2.88. The van der Waals surface area contributed by atoms with Crippen molar-refractivity contribution in [1.82, 2.24) is 5.32 Å². The van der Waals surface area contributed by atoms with Gasteiger partial charge in [0, 0.05) is 0 Å². The summed E-state index contributed by atoms with van der Waals surface area (Å²) < 4.78 is 10.5. The number of carbonyl (C=O) groups excluding carboxylic acids is 3. The minimum atomic E-state index is -3.02. The molecule has 3 aromatic carbocycles. The zero-order valence-electron chi connectivity index (χ0n) is 20.1. The number of esters is 1. The summed E-state index contributed by atoms with van der Waals surface area (Å²) >= 11 is 0. The van der Waals surface area contributed by atoms with Crippen LogP contribution in [0.5, 0.6) is 0 Å². The number of carbonyl (C=O) groups is 3. The molecule has 0 saturated heterocycles. The van der Waals surface area contributed by atoms with Gasteiger partial charge in [0.1, 0.15) is 5.29 Å². The van der Waals surface area contributed by atoms with Crippen LogP contribution in [0, 0.1) is 0 Å². The van der Waals surface area contributed by atoms with Crippen LogP contribution in [0.3, 0.4) is 0 Å². The number of ether oxygens (including phenoxy) is 2. The Morgan fingerprint density at radius 1 is 0.714 bits per heavy atom. The largest absolute Gasteiger partial charge is 0.462 e. The van der Waals surface area contributed by atoms with Gasteiger partial charge in [0.15, 0.2) is 5.78 Å². The highest BCUT2D eigenvalue weighted by Crippen LogP contribution is 2.46. The number of hydrogen-bond donors (Lipinski definition) is 1. The lowest BCUT2D eigenvalue weighted by atomic mass is 10.1. The molecule has 1 atom stereocenters. The van der Waals surface area contributed by atoms with E-state index >= 15 is 0 Å². The Morgan fingerprint density at radius 2 is 1.11 bits per heavy atom. The second kappa shape index (κ2) is 12.2.